The molecule has 0 saturated carbocycles. The van der Waals surface area contributed by atoms with Crippen LogP contribution in [0.4, 0.5) is 5.69 Å². The minimum atomic E-state index is -3.62. The number of rotatable bonds is 3. The van der Waals surface area contributed by atoms with E-state index < -0.39 is 9.84 Å². The van der Waals surface area contributed by atoms with Crippen molar-refractivity contribution in [2.75, 3.05) is 0 Å². The van der Waals surface area contributed by atoms with Gasteiger partial charge in [-0.05, 0) is 23.5 Å². The molecule has 0 aliphatic rings. The van der Waals surface area contributed by atoms with E-state index in [4.69, 9.17) is 11.8 Å². The van der Waals surface area contributed by atoms with Crippen LogP contribution >= 0.6 is 0 Å². The molecule has 1 heterocycles. The molecular formula is C22H21N3O2SY-2. The number of benzene rings is 2. The van der Waals surface area contributed by atoms with Gasteiger partial charge in [-0.3, -0.25) is 5.26 Å². The van der Waals surface area contributed by atoms with Crippen LogP contribution in [-0.2, 0) is 48.3 Å². The van der Waals surface area contributed by atoms with Gasteiger partial charge in [-0.15, -0.1) is 24.3 Å². The Morgan fingerprint density at radius 1 is 1.28 bits per heavy atom. The summed E-state index contributed by atoms with van der Waals surface area (Å²) in [5, 5.41) is 9.66. The van der Waals surface area contributed by atoms with Gasteiger partial charge < -0.3 is 10.9 Å². The number of aromatic nitrogens is 1. The quantitative estimate of drug-likeness (QED) is 0.518. The average Bonchev–Trinajstić information content (AvgIpc) is 3.09. The normalized spacial score (nSPS) is 10.4. The first-order chi connectivity index (χ1) is 13.2. The number of hydrogen-bond donors (Lipinski definition) is 1. The zero-order valence-corrected chi connectivity index (χ0v) is 20.5. The molecule has 0 fully saturated rings. The molecule has 0 unspecified atom stereocenters. The molecule has 3 rings (SSSR count). The summed E-state index contributed by atoms with van der Waals surface area (Å²) in [5.74, 6) is 1.20. The van der Waals surface area contributed by atoms with Crippen molar-refractivity contribution in [3.05, 3.63) is 76.6 Å². The number of fused-ring (bicyclic) bond motifs is 1. The number of hydrogen-bond acceptors (Lipinski definition) is 3. The first kappa shape index (κ1) is 25.1. The molecule has 1 radical (unpaired) electrons. The maximum Gasteiger partial charge on any atom is 0.212 e. The van der Waals surface area contributed by atoms with Gasteiger partial charge in [0.15, 0.2) is 9.84 Å². The minimum Gasteiger partial charge on any atom is -0.372 e. The summed E-state index contributed by atoms with van der Waals surface area (Å²) in [6, 6.07) is 12.3. The molecule has 2 aromatic carbocycles. The van der Waals surface area contributed by atoms with Crippen molar-refractivity contribution in [2.24, 2.45) is 0 Å². The van der Waals surface area contributed by atoms with Gasteiger partial charge in [-0.1, -0.05) is 23.3 Å². The summed E-state index contributed by atoms with van der Waals surface area (Å²) in [6.45, 7) is 15.4. The Morgan fingerprint density at radius 2 is 1.93 bits per heavy atom. The van der Waals surface area contributed by atoms with E-state index in [0.717, 1.165) is 10.9 Å². The second-order valence-electron chi connectivity index (χ2n) is 6.89. The van der Waals surface area contributed by atoms with Crippen molar-refractivity contribution in [3.63, 3.8) is 0 Å². The van der Waals surface area contributed by atoms with E-state index in [1.807, 2.05) is 19.1 Å². The van der Waals surface area contributed by atoms with E-state index in [0.29, 0.717) is 16.8 Å². The summed E-state index contributed by atoms with van der Waals surface area (Å²) >= 11 is 0. The Bertz CT molecular complexity index is 1180. The molecule has 1 N–H and O–H groups in total. The van der Waals surface area contributed by atoms with Crippen LogP contribution in [0.3, 0.4) is 0 Å². The van der Waals surface area contributed by atoms with Crippen LogP contribution in [0.15, 0.2) is 41.4 Å². The Morgan fingerprint density at radius 3 is 2.52 bits per heavy atom. The van der Waals surface area contributed by atoms with E-state index >= 15 is 0 Å². The molecule has 0 spiro atoms. The largest absolute Gasteiger partial charge is 0.372 e. The number of aryl methyl sites for hydroxylation is 1. The standard InChI is InChI=1S/C18H12N3O2S.C4H9.Y/c1-12-6-7-14(18-17(12)16(20-2)10-21-18)11-24(22,23)15-5-3-4-13(8-15)9-19;1-4(2)3;/h3,5-8,10,21H,11H2,1H3;1-3H3;/q2*-1;. The van der Waals surface area contributed by atoms with Crippen LogP contribution in [0.2, 0.25) is 0 Å². The van der Waals surface area contributed by atoms with E-state index in [9.17, 15) is 8.42 Å². The van der Waals surface area contributed by atoms with E-state index in [-0.39, 0.29) is 48.9 Å². The van der Waals surface area contributed by atoms with Crippen LogP contribution in [0.25, 0.3) is 15.7 Å². The van der Waals surface area contributed by atoms with Gasteiger partial charge in [0, 0.05) is 49.8 Å². The van der Waals surface area contributed by atoms with Gasteiger partial charge in [0.1, 0.15) is 0 Å². The minimum absolute atomic E-state index is 0. The second kappa shape index (κ2) is 10.7. The van der Waals surface area contributed by atoms with E-state index in [2.05, 4.69) is 36.7 Å². The summed E-state index contributed by atoms with van der Waals surface area (Å²) in [5.41, 5.74) is 2.83. The van der Waals surface area contributed by atoms with Crippen LogP contribution in [0.5, 0.6) is 0 Å². The maximum atomic E-state index is 12.7. The van der Waals surface area contributed by atoms with Crippen molar-refractivity contribution in [1.82, 2.24) is 4.98 Å². The second-order valence-corrected chi connectivity index (χ2v) is 8.88. The molecule has 147 valence electrons. The van der Waals surface area contributed by atoms with Gasteiger partial charge in [-0.25, -0.2) is 13.3 Å². The molecule has 0 atom stereocenters. The van der Waals surface area contributed by atoms with Crippen molar-refractivity contribution in [2.45, 2.75) is 38.3 Å². The van der Waals surface area contributed by atoms with E-state index in [1.54, 1.807) is 12.3 Å². The fraction of sp³-hybridized carbons (Fsp3) is 0.227. The number of sulfone groups is 1. The SMILES string of the molecule is C[C-](C)C.[C-]#[N+]c1c[nH]c2c(CS(=O)(=O)c3cc[c-]c(C#N)c3)ccc(C)c12.[Y]. The Balaban J connectivity index is 0.000000771. The molecular weight excluding hydrogens is 459 g/mol. The van der Waals surface area contributed by atoms with Crippen molar-refractivity contribution >= 4 is 26.4 Å². The summed E-state index contributed by atoms with van der Waals surface area (Å²) in [6.07, 6.45) is 1.59. The average molecular weight is 480 g/mol. The topological polar surface area (TPSA) is 78.1 Å². The van der Waals surface area contributed by atoms with E-state index in [1.165, 1.54) is 24.1 Å². The molecule has 3 aromatic rings. The fourth-order valence-corrected chi connectivity index (χ4v) is 4.05. The third kappa shape index (κ3) is 6.24. The van der Waals surface area contributed by atoms with Gasteiger partial charge in [-0.2, -0.15) is 20.8 Å². The third-order valence-corrected chi connectivity index (χ3v) is 5.49. The first-order valence-corrected chi connectivity index (χ1v) is 10.2. The maximum absolute atomic E-state index is 12.7. The Hall–Kier alpha value is -1.99. The van der Waals surface area contributed by atoms with Crippen LogP contribution in [-0.4, -0.2) is 13.4 Å². The molecule has 0 aliphatic heterocycles. The predicted molar refractivity (Wildman–Crippen MR) is 110 cm³/mol. The van der Waals surface area contributed by atoms with Gasteiger partial charge >= 0.3 is 0 Å². The zero-order valence-electron chi connectivity index (χ0n) is 16.9. The summed E-state index contributed by atoms with van der Waals surface area (Å²) in [7, 11) is -3.62. The summed E-state index contributed by atoms with van der Waals surface area (Å²) < 4.78 is 25.4. The molecule has 0 aliphatic carbocycles. The molecule has 0 saturated heterocycles. The number of nitrogens with zero attached hydrogens (tertiary/aromatic N) is 2. The fourth-order valence-electron chi connectivity index (χ4n) is 2.66. The molecule has 0 bridgehead atoms. The van der Waals surface area contributed by atoms with Crippen molar-refractivity contribution < 1.29 is 41.1 Å². The van der Waals surface area contributed by atoms with Gasteiger partial charge in [0.2, 0.25) is 5.69 Å². The first-order valence-electron chi connectivity index (χ1n) is 8.58. The number of aromatic amines is 1. The Labute approximate surface area is 197 Å². The van der Waals surface area contributed by atoms with Crippen LogP contribution in [0, 0.1) is 36.8 Å². The monoisotopic (exact) mass is 480 g/mol. The molecule has 29 heavy (non-hydrogen) atoms. The molecule has 0 amide bonds. The molecule has 7 heteroatoms. The summed E-state index contributed by atoms with van der Waals surface area (Å²) in [4.78, 5) is 6.56. The number of H-pyrrole nitrogens is 1. The van der Waals surface area contributed by atoms with Gasteiger partial charge in [0.05, 0.1) is 12.3 Å². The molecule has 5 nitrogen and oxygen atoms in total. The Kier molecular flexibility index (Phi) is 9.24. The van der Waals surface area contributed by atoms with Crippen molar-refractivity contribution in [1.29, 1.82) is 5.26 Å². The van der Waals surface area contributed by atoms with Crippen LogP contribution < -0.4 is 0 Å². The van der Waals surface area contributed by atoms with Crippen molar-refractivity contribution in [3.8, 4) is 6.07 Å². The number of nitriles is 1. The molecule has 1 aromatic heterocycles. The van der Waals surface area contributed by atoms with Gasteiger partial charge in [0.25, 0.3) is 0 Å². The number of nitrogens with one attached hydrogen (secondary N) is 1. The van der Waals surface area contributed by atoms with Crippen LogP contribution in [0.1, 0.15) is 37.5 Å². The third-order valence-electron chi connectivity index (χ3n) is 3.83. The zero-order chi connectivity index (χ0) is 20.9. The smallest absolute Gasteiger partial charge is 0.212 e. The predicted octanol–water partition coefficient (Wildman–Crippen LogP) is 5.29.